The van der Waals surface area contributed by atoms with Crippen molar-refractivity contribution in [3.63, 3.8) is 0 Å². The van der Waals surface area contributed by atoms with Crippen molar-refractivity contribution in [3.8, 4) is 45.3 Å². The summed E-state index contributed by atoms with van der Waals surface area (Å²) in [5, 5.41) is 46.2. The molecule has 3 aromatic carbocycles. The minimum Gasteiger partial charge on any atom is -0.508 e. The van der Waals surface area contributed by atoms with Crippen molar-refractivity contribution >= 4 is 23.2 Å². The smallest absolute Gasteiger partial charge is 0.255 e. The van der Waals surface area contributed by atoms with Gasteiger partial charge in [-0.2, -0.15) is 0 Å². The first kappa shape index (κ1) is 27.3. The van der Waals surface area contributed by atoms with Crippen LogP contribution in [0.15, 0.2) is 59.4 Å². The van der Waals surface area contributed by atoms with E-state index in [-0.39, 0.29) is 42.9 Å². The van der Waals surface area contributed by atoms with Gasteiger partial charge < -0.3 is 40.4 Å². The van der Waals surface area contributed by atoms with Crippen molar-refractivity contribution in [2.45, 2.75) is 31.3 Å². The molecule has 0 saturated heterocycles. The third-order valence-corrected chi connectivity index (χ3v) is 9.75. The lowest BCUT2D eigenvalue weighted by Crippen LogP contribution is -2.58. The number of Topliss-reactive ketones (excluding diaryl/α,β-unsaturated/α-hetero) is 2. The molecule has 11 heteroatoms. The zero-order valence-electron chi connectivity index (χ0n) is 23.8. The van der Waals surface area contributed by atoms with E-state index in [1.165, 1.54) is 0 Å². The van der Waals surface area contributed by atoms with Crippen molar-refractivity contribution < 1.29 is 49.0 Å². The van der Waals surface area contributed by atoms with Crippen LogP contribution in [0, 0.1) is 11.8 Å². The van der Waals surface area contributed by atoms with Crippen LogP contribution in [-0.4, -0.2) is 56.9 Å². The van der Waals surface area contributed by atoms with Gasteiger partial charge in [-0.05, 0) is 76.9 Å². The fourth-order valence-electron chi connectivity index (χ4n) is 7.58. The van der Waals surface area contributed by atoms with Gasteiger partial charge in [0.15, 0.2) is 22.9 Å². The average Bonchev–Trinajstić information content (AvgIpc) is 3.68. The van der Waals surface area contributed by atoms with E-state index >= 15 is 0 Å². The molecule has 3 aromatic rings. The summed E-state index contributed by atoms with van der Waals surface area (Å²) in [4.78, 5) is 38.8. The van der Waals surface area contributed by atoms with E-state index < -0.39 is 52.0 Å². The van der Waals surface area contributed by atoms with Gasteiger partial charge in [-0.3, -0.25) is 14.4 Å². The maximum atomic E-state index is 14.0. The molecule has 0 unspecified atom stereocenters. The molecule has 3 atom stereocenters. The van der Waals surface area contributed by atoms with Crippen LogP contribution in [0.5, 0.6) is 23.0 Å². The number of nitrogens with two attached hydrogens (primary N) is 1. The van der Waals surface area contributed by atoms with E-state index in [9.17, 15) is 34.8 Å². The molecule has 6 N–H and O–H groups in total. The summed E-state index contributed by atoms with van der Waals surface area (Å²) >= 11 is 0. The number of primary amides is 1. The Kier molecular flexibility index (Phi) is 5.67. The number of carbonyl (C=O) groups is 3. The Bertz CT molecular complexity index is 1970. The van der Waals surface area contributed by atoms with Crippen LogP contribution in [0.25, 0.3) is 28.0 Å². The standard InChI is InChI=1S/C34H27NO10/c35-33(41)28-22(36)11-18-8-17-9-21-19(15-2-4-24-25(10-15)45-13-44-24)12-20(14-1-3-23-16(7-14)5-6-43-23)29(37)27(21)30(38)26(17)31(39)34(18,42)32(28)40/h1-4,7,10,12,17-18,37-38,40,42H,5-6,8-9,11,13H2,(H2,35,41)/t17-,18+,34+/m1/s1. The molecule has 1 saturated carbocycles. The van der Waals surface area contributed by atoms with Crippen molar-refractivity contribution in [2.24, 2.45) is 17.6 Å². The molecule has 1 fully saturated rings. The third kappa shape index (κ3) is 3.70. The minimum absolute atomic E-state index is 0.0176. The molecule has 0 bridgehead atoms. The molecule has 0 aromatic heterocycles. The summed E-state index contributed by atoms with van der Waals surface area (Å²) in [6.45, 7) is 0.621. The number of phenols is 1. The largest absolute Gasteiger partial charge is 0.508 e. The summed E-state index contributed by atoms with van der Waals surface area (Å²) in [5.74, 6) is -4.84. The number of hydrogen-bond donors (Lipinski definition) is 5. The molecule has 45 heavy (non-hydrogen) atoms. The van der Waals surface area contributed by atoms with Gasteiger partial charge in [0.2, 0.25) is 12.6 Å². The van der Waals surface area contributed by atoms with E-state index in [0.29, 0.717) is 46.8 Å². The number of ether oxygens (including phenoxy) is 3. The lowest BCUT2D eigenvalue weighted by molar-refractivity contribution is -0.147. The number of rotatable bonds is 3. The zero-order valence-corrected chi connectivity index (χ0v) is 23.8. The van der Waals surface area contributed by atoms with Crippen LogP contribution in [0.3, 0.4) is 0 Å². The van der Waals surface area contributed by atoms with Crippen molar-refractivity contribution in [1.82, 2.24) is 0 Å². The summed E-state index contributed by atoms with van der Waals surface area (Å²) < 4.78 is 16.8. The normalized spacial score (nSPS) is 24.6. The van der Waals surface area contributed by atoms with Gasteiger partial charge in [0.25, 0.3) is 5.91 Å². The number of aromatic hydroxyl groups is 1. The maximum absolute atomic E-state index is 14.0. The van der Waals surface area contributed by atoms with Crippen LogP contribution in [-0.2, 0) is 27.2 Å². The van der Waals surface area contributed by atoms with E-state index in [1.807, 2.05) is 30.3 Å². The van der Waals surface area contributed by atoms with Crippen LogP contribution in [0.2, 0.25) is 0 Å². The number of ketones is 2. The average molecular weight is 610 g/mol. The van der Waals surface area contributed by atoms with Crippen molar-refractivity contribution in [2.75, 3.05) is 13.4 Å². The molecular weight excluding hydrogens is 582 g/mol. The highest BCUT2D eigenvalue weighted by molar-refractivity contribution is 6.22. The van der Waals surface area contributed by atoms with E-state index in [2.05, 4.69) is 0 Å². The summed E-state index contributed by atoms with van der Waals surface area (Å²) in [6.07, 6.45) is 0.520. The van der Waals surface area contributed by atoms with Gasteiger partial charge in [-0.15, -0.1) is 0 Å². The molecule has 2 heterocycles. The second-order valence-electron chi connectivity index (χ2n) is 12.1. The van der Waals surface area contributed by atoms with Gasteiger partial charge >= 0.3 is 0 Å². The molecule has 1 amide bonds. The van der Waals surface area contributed by atoms with Crippen LogP contribution in [0.4, 0.5) is 0 Å². The molecule has 11 nitrogen and oxygen atoms in total. The molecule has 8 rings (SSSR count). The number of aliphatic hydroxyl groups is 3. The second-order valence-corrected chi connectivity index (χ2v) is 12.1. The quantitative estimate of drug-likeness (QED) is 0.276. The predicted octanol–water partition coefficient (Wildman–Crippen LogP) is 3.42. The van der Waals surface area contributed by atoms with Gasteiger partial charge in [-0.25, -0.2) is 0 Å². The summed E-state index contributed by atoms with van der Waals surface area (Å²) in [6, 6.07) is 12.8. The fourth-order valence-corrected chi connectivity index (χ4v) is 7.58. The first-order chi connectivity index (χ1) is 21.6. The van der Waals surface area contributed by atoms with Gasteiger partial charge in [0.1, 0.15) is 28.6 Å². The summed E-state index contributed by atoms with van der Waals surface area (Å²) in [5.41, 5.74) is 5.63. The van der Waals surface area contributed by atoms with Crippen LogP contribution < -0.4 is 19.9 Å². The molecular formula is C34H27NO10. The van der Waals surface area contributed by atoms with Gasteiger partial charge in [0.05, 0.1) is 12.2 Å². The highest BCUT2D eigenvalue weighted by Gasteiger charge is 2.60. The number of aliphatic hydroxyl groups excluding tert-OH is 2. The van der Waals surface area contributed by atoms with Gasteiger partial charge in [-0.1, -0.05) is 12.1 Å². The molecule has 0 radical (unpaired) electrons. The van der Waals surface area contributed by atoms with Gasteiger partial charge in [0, 0.05) is 29.9 Å². The SMILES string of the molecule is NC(=O)C1=C(O)[C@@]2(O)C(=O)C3=C(O)c4c(O)c(-c5ccc6c(c5)CCO6)cc(-c5ccc6c(c5)OCO6)c4C[C@H]3C[C@H]2CC1=O. The maximum Gasteiger partial charge on any atom is 0.255 e. The zero-order chi connectivity index (χ0) is 31.4. The fraction of sp³-hybridized carbons (Fsp3) is 0.265. The number of carbonyl (C=O) groups excluding carboxylic acids is 3. The Morgan fingerprint density at radius 3 is 2.40 bits per heavy atom. The Morgan fingerprint density at radius 1 is 0.889 bits per heavy atom. The first-order valence-electron chi connectivity index (χ1n) is 14.6. The van der Waals surface area contributed by atoms with E-state index in [0.717, 1.165) is 16.9 Å². The number of benzene rings is 3. The topological polar surface area (TPSA) is 186 Å². The summed E-state index contributed by atoms with van der Waals surface area (Å²) in [7, 11) is 0. The molecule has 228 valence electrons. The molecule has 3 aliphatic carbocycles. The lowest BCUT2D eigenvalue weighted by Gasteiger charge is -2.46. The van der Waals surface area contributed by atoms with E-state index in [1.54, 1.807) is 12.1 Å². The minimum atomic E-state index is -2.64. The number of hydrogen-bond acceptors (Lipinski definition) is 10. The predicted molar refractivity (Wildman–Crippen MR) is 158 cm³/mol. The number of amides is 1. The molecule has 2 aliphatic heterocycles. The Labute approximate surface area is 255 Å². The monoisotopic (exact) mass is 609 g/mol. The van der Waals surface area contributed by atoms with Crippen molar-refractivity contribution in [3.05, 3.63) is 76.1 Å². The Morgan fingerprint density at radius 2 is 1.62 bits per heavy atom. The van der Waals surface area contributed by atoms with E-state index in [4.69, 9.17) is 19.9 Å². The first-order valence-corrected chi connectivity index (χ1v) is 14.6. The third-order valence-electron chi connectivity index (χ3n) is 9.75. The number of phenolic OH excluding ortho intramolecular Hbond substituents is 1. The van der Waals surface area contributed by atoms with Crippen LogP contribution >= 0.6 is 0 Å². The molecule has 0 spiro atoms. The number of fused-ring (bicyclic) bond motifs is 5. The lowest BCUT2D eigenvalue weighted by atomic mass is 9.59. The second kappa shape index (κ2) is 9.35. The Hall–Kier alpha value is -5.29. The highest BCUT2D eigenvalue weighted by atomic mass is 16.7. The Balaban J connectivity index is 1.36. The van der Waals surface area contributed by atoms with Crippen molar-refractivity contribution in [1.29, 1.82) is 0 Å². The highest BCUT2D eigenvalue weighted by Crippen LogP contribution is 2.55. The molecule has 5 aliphatic rings. The van der Waals surface area contributed by atoms with Crippen LogP contribution in [0.1, 0.15) is 29.5 Å².